The van der Waals surface area contributed by atoms with Gasteiger partial charge < -0.3 is 9.47 Å². The topological polar surface area (TPSA) is 78.0 Å². The summed E-state index contributed by atoms with van der Waals surface area (Å²) in [5.41, 5.74) is 1.02. The second-order valence-electron chi connectivity index (χ2n) is 7.67. The number of carbonyl (C=O) groups excluding carboxylic acids is 1. The highest BCUT2D eigenvalue weighted by Crippen LogP contribution is 2.25. The van der Waals surface area contributed by atoms with Gasteiger partial charge in [0.1, 0.15) is 23.3 Å². The third-order valence-electron chi connectivity index (χ3n) is 5.57. The summed E-state index contributed by atoms with van der Waals surface area (Å²) in [5, 5.41) is 9.29. The molecule has 0 spiro atoms. The zero-order valence-corrected chi connectivity index (χ0v) is 17.0. The fourth-order valence-corrected chi connectivity index (χ4v) is 4.07. The Balaban J connectivity index is 1.72. The van der Waals surface area contributed by atoms with Crippen molar-refractivity contribution in [2.24, 2.45) is 0 Å². The number of rotatable bonds is 4. The van der Waals surface area contributed by atoms with Crippen molar-refractivity contribution in [1.29, 1.82) is 0 Å². The van der Waals surface area contributed by atoms with Crippen LogP contribution in [0.3, 0.4) is 0 Å². The lowest BCUT2D eigenvalue weighted by atomic mass is 10.2. The zero-order chi connectivity index (χ0) is 21.5. The van der Waals surface area contributed by atoms with Crippen LogP contribution in [0, 0.1) is 12.7 Å². The SMILES string of the molecule is Cc1nn(CC(=O)N2CCCC2)c(=O)c2c(-n3cccc3)n(-c3cccc(F)c3)nc12. The number of hydrogen-bond donors (Lipinski definition) is 0. The average molecular weight is 420 g/mol. The monoisotopic (exact) mass is 420 g/mol. The maximum absolute atomic E-state index is 13.9. The summed E-state index contributed by atoms with van der Waals surface area (Å²) in [6.45, 7) is 3.05. The molecule has 0 atom stereocenters. The van der Waals surface area contributed by atoms with Gasteiger partial charge in [-0.25, -0.2) is 13.8 Å². The third kappa shape index (κ3) is 3.31. The summed E-state index contributed by atoms with van der Waals surface area (Å²) in [5.74, 6) is -0.0478. The molecule has 1 aromatic carbocycles. The van der Waals surface area contributed by atoms with Crippen LogP contribution in [-0.4, -0.2) is 48.0 Å². The predicted octanol–water partition coefficient (Wildman–Crippen LogP) is 2.44. The van der Waals surface area contributed by atoms with Gasteiger partial charge in [0.15, 0.2) is 5.82 Å². The van der Waals surface area contributed by atoms with E-state index in [0.717, 1.165) is 12.8 Å². The summed E-state index contributed by atoms with van der Waals surface area (Å²) in [6, 6.07) is 9.69. The van der Waals surface area contributed by atoms with E-state index in [-0.39, 0.29) is 12.5 Å². The van der Waals surface area contributed by atoms with Gasteiger partial charge >= 0.3 is 0 Å². The highest BCUT2D eigenvalue weighted by atomic mass is 19.1. The molecule has 1 saturated heterocycles. The first kappa shape index (κ1) is 19.2. The van der Waals surface area contributed by atoms with Crippen LogP contribution in [0.4, 0.5) is 4.39 Å². The minimum Gasteiger partial charge on any atom is -0.341 e. The molecule has 0 radical (unpaired) electrons. The number of carbonyl (C=O) groups is 1. The highest BCUT2D eigenvalue weighted by Gasteiger charge is 2.24. The van der Waals surface area contributed by atoms with Gasteiger partial charge in [-0.1, -0.05) is 6.07 Å². The van der Waals surface area contributed by atoms with E-state index in [1.54, 1.807) is 40.9 Å². The summed E-state index contributed by atoms with van der Waals surface area (Å²) in [6.07, 6.45) is 5.54. The minimum absolute atomic E-state index is 0.119. The first-order valence-corrected chi connectivity index (χ1v) is 10.2. The number of aromatic nitrogens is 5. The van der Waals surface area contributed by atoms with Crippen molar-refractivity contribution in [2.45, 2.75) is 26.3 Å². The molecule has 5 rings (SSSR count). The molecule has 1 aliphatic heterocycles. The van der Waals surface area contributed by atoms with Crippen LogP contribution in [0.25, 0.3) is 22.4 Å². The Morgan fingerprint density at radius 2 is 1.84 bits per heavy atom. The van der Waals surface area contributed by atoms with Crippen molar-refractivity contribution in [2.75, 3.05) is 13.1 Å². The molecule has 8 nitrogen and oxygen atoms in total. The van der Waals surface area contributed by atoms with Gasteiger partial charge in [-0.15, -0.1) is 0 Å². The molecular weight excluding hydrogens is 399 g/mol. The van der Waals surface area contributed by atoms with Gasteiger partial charge in [0.05, 0.1) is 11.4 Å². The highest BCUT2D eigenvalue weighted by molar-refractivity contribution is 5.88. The van der Waals surface area contributed by atoms with Crippen LogP contribution in [-0.2, 0) is 11.3 Å². The van der Waals surface area contributed by atoms with Crippen molar-refractivity contribution in [3.63, 3.8) is 0 Å². The van der Waals surface area contributed by atoms with Crippen molar-refractivity contribution in [1.82, 2.24) is 29.0 Å². The maximum Gasteiger partial charge on any atom is 0.280 e. The molecule has 4 heterocycles. The Labute approximate surface area is 177 Å². The molecular formula is C22H21FN6O2. The van der Waals surface area contributed by atoms with E-state index in [0.29, 0.717) is 41.2 Å². The van der Waals surface area contributed by atoms with Gasteiger partial charge in [-0.2, -0.15) is 10.2 Å². The smallest absolute Gasteiger partial charge is 0.280 e. The fourth-order valence-electron chi connectivity index (χ4n) is 4.07. The van der Waals surface area contributed by atoms with Crippen molar-refractivity contribution in [3.8, 4) is 11.5 Å². The maximum atomic E-state index is 13.9. The normalized spacial score (nSPS) is 13.9. The van der Waals surface area contributed by atoms with Gasteiger partial charge in [-0.3, -0.25) is 9.59 Å². The average Bonchev–Trinajstić information content (AvgIpc) is 3.52. The molecule has 3 aromatic heterocycles. The van der Waals surface area contributed by atoms with Crippen LogP contribution >= 0.6 is 0 Å². The van der Waals surface area contributed by atoms with Crippen LogP contribution < -0.4 is 5.56 Å². The van der Waals surface area contributed by atoms with Crippen molar-refractivity contribution in [3.05, 3.63) is 70.7 Å². The number of nitrogens with zero attached hydrogens (tertiary/aromatic N) is 6. The first-order valence-electron chi connectivity index (χ1n) is 10.2. The van der Waals surface area contributed by atoms with Gasteiger partial charge in [-0.05, 0) is 50.1 Å². The molecule has 9 heteroatoms. The molecule has 0 unspecified atom stereocenters. The Morgan fingerprint density at radius 1 is 1.10 bits per heavy atom. The minimum atomic E-state index is -0.404. The van der Waals surface area contributed by atoms with Crippen molar-refractivity contribution >= 4 is 16.8 Å². The van der Waals surface area contributed by atoms with E-state index in [1.807, 2.05) is 12.1 Å². The standard InChI is InChI=1S/C22H21FN6O2/c1-15-20-19(22(31)28(24-15)14-18(30)26-9-2-3-10-26)21(27-11-4-5-12-27)29(25-20)17-8-6-7-16(23)13-17/h4-8,11-13H,2-3,9-10,14H2,1H3. The molecule has 1 amide bonds. The summed E-state index contributed by atoms with van der Waals surface area (Å²) < 4.78 is 18.4. The molecule has 31 heavy (non-hydrogen) atoms. The van der Waals surface area contributed by atoms with Gasteiger partial charge in [0, 0.05) is 25.5 Å². The Kier molecular flexibility index (Phi) is 4.65. The van der Waals surface area contributed by atoms with E-state index in [2.05, 4.69) is 10.2 Å². The van der Waals surface area contributed by atoms with Crippen molar-refractivity contribution < 1.29 is 9.18 Å². The fraction of sp³-hybridized carbons (Fsp3) is 0.273. The Bertz CT molecular complexity index is 1330. The molecule has 4 aromatic rings. The largest absolute Gasteiger partial charge is 0.341 e. The number of benzene rings is 1. The quantitative estimate of drug-likeness (QED) is 0.508. The number of amides is 1. The van der Waals surface area contributed by atoms with E-state index in [4.69, 9.17) is 0 Å². The lowest BCUT2D eigenvalue weighted by Gasteiger charge is -2.15. The van der Waals surface area contributed by atoms with Gasteiger partial charge in [0.25, 0.3) is 5.56 Å². The zero-order valence-electron chi connectivity index (χ0n) is 17.0. The molecule has 0 saturated carbocycles. The lowest BCUT2D eigenvalue weighted by Crippen LogP contribution is -2.36. The number of fused-ring (bicyclic) bond motifs is 1. The van der Waals surface area contributed by atoms with E-state index >= 15 is 0 Å². The molecule has 0 aliphatic carbocycles. The predicted molar refractivity (Wildman–Crippen MR) is 113 cm³/mol. The number of likely N-dealkylation sites (tertiary alicyclic amines) is 1. The third-order valence-corrected chi connectivity index (χ3v) is 5.57. The first-order chi connectivity index (χ1) is 15.0. The van der Waals surface area contributed by atoms with E-state index in [1.165, 1.54) is 21.5 Å². The summed E-state index contributed by atoms with van der Waals surface area (Å²) in [7, 11) is 0. The van der Waals surface area contributed by atoms with Crippen LogP contribution in [0.5, 0.6) is 0 Å². The molecule has 0 bridgehead atoms. The molecule has 1 fully saturated rings. The molecule has 1 aliphatic rings. The summed E-state index contributed by atoms with van der Waals surface area (Å²) in [4.78, 5) is 27.9. The van der Waals surface area contributed by atoms with Crippen LogP contribution in [0.1, 0.15) is 18.5 Å². The van der Waals surface area contributed by atoms with Crippen LogP contribution in [0.15, 0.2) is 53.6 Å². The molecule has 0 N–H and O–H groups in total. The van der Waals surface area contributed by atoms with Gasteiger partial charge in [0.2, 0.25) is 5.91 Å². The number of aryl methyl sites for hydroxylation is 1. The lowest BCUT2D eigenvalue weighted by molar-refractivity contribution is -0.131. The van der Waals surface area contributed by atoms with E-state index < -0.39 is 11.4 Å². The molecule has 158 valence electrons. The number of hydrogen-bond acceptors (Lipinski definition) is 4. The van der Waals surface area contributed by atoms with E-state index in [9.17, 15) is 14.0 Å². The Hall–Kier alpha value is -3.75. The second kappa shape index (κ2) is 7.50. The van der Waals surface area contributed by atoms with Crippen LogP contribution in [0.2, 0.25) is 0 Å². The summed E-state index contributed by atoms with van der Waals surface area (Å²) >= 11 is 0. The Morgan fingerprint density at radius 3 is 2.55 bits per heavy atom. The number of halogens is 1. The second-order valence-corrected chi connectivity index (χ2v) is 7.67.